The van der Waals surface area contributed by atoms with Gasteiger partial charge in [-0.05, 0) is 38.7 Å². The molecule has 32 heavy (non-hydrogen) atoms. The number of para-hydroxylation sites is 1. The van der Waals surface area contributed by atoms with Gasteiger partial charge in [0.25, 0.3) is 11.7 Å². The lowest BCUT2D eigenvalue weighted by molar-refractivity contribution is -0.147. The van der Waals surface area contributed by atoms with Gasteiger partial charge in [0.1, 0.15) is 0 Å². The minimum atomic E-state index is -0.471. The SMILES string of the molecule is CSc1nc2nc(C)c(CC(=O)OCC(=O)N3CCC(C)Sc4ccccc43)c(C)n2n1. The van der Waals surface area contributed by atoms with Crippen molar-refractivity contribution in [2.24, 2.45) is 0 Å². The summed E-state index contributed by atoms with van der Waals surface area (Å²) in [6, 6.07) is 7.85. The molecule has 0 aliphatic carbocycles. The van der Waals surface area contributed by atoms with E-state index in [9.17, 15) is 9.59 Å². The highest BCUT2D eigenvalue weighted by atomic mass is 32.2. The van der Waals surface area contributed by atoms with Crippen LogP contribution in [0.25, 0.3) is 5.78 Å². The summed E-state index contributed by atoms with van der Waals surface area (Å²) >= 11 is 3.20. The van der Waals surface area contributed by atoms with Crippen molar-refractivity contribution in [1.29, 1.82) is 0 Å². The van der Waals surface area contributed by atoms with Gasteiger partial charge in [0.15, 0.2) is 6.61 Å². The molecule has 2 aromatic heterocycles. The smallest absolute Gasteiger partial charge is 0.310 e. The molecule has 3 aromatic rings. The average molecular weight is 472 g/mol. The largest absolute Gasteiger partial charge is 0.455 e. The topological polar surface area (TPSA) is 89.7 Å². The number of hydrogen-bond acceptors (Lipinski definition) is 8. The number of esters is 1. The second kappa shape index (κ2) is 9.50. The third-order valence-corrected chi connectivity index (χ3v) is 7.21. The zero-order valence-electron chi connectivity index (χ0n) is 18.5. The van der Waals surface area contributed by atoms with Gasteiger partial charge in [-0.1, -0.05) is 30.8 Å². The van der Waals surface area contributed by atoms with E-state index in [4.69, 9.17) is 4.74 Å². The molecular formula is C22H25N5O3S2. The Morgan fingerprint density at radius 1 is 1.25 bits per heavy atom. The second-order valence-corrected chi connectivity index (χ2v) is 9.89. The summed E-state index contributed by atoms with van der Waals surface area (Å²) in [5.41, 5.74) is 3.10. The highest BCUT2D eigenvalue weighted by Gasteiger charge is 2.25. The van der Waals surface area contributed by atoms with Crippen LogP contribution in [0.4, 0.5) is 5.69 Å². The molecule has 10 heteroatoms. The van der Waals surface area contributed by atoms with E-state index >= 15 is 0 Å². The number of fused-ring (bicyclic) bond motifs is 2. The van der Waals surface area contributed by atoms with Gasteiger partial charge in [0, 0.05) is 33.6 Å². The van der Waals surface area contributed by atoms with Crippen molar-refractivity contribution in [2.75, 3.05) is 24.3 Å². The number of aryl methyl sites for hydroxylation is 2. The first-order valence-electron chi connectivity index (χ1n) is 10.4. The zero-order chi connectivity index (χ0) is 22.8. The third kappa shape index (κ3) is 4.61. The molecule has 0 saturated carbocycles. The number of benzene rings is 1. The number of amides is 1. The summed E-state index contributed by atoms with van der Waals surface area (Å²) in [6.07, 6.45) is 2.79. The number of ether oxygens (including phenoxy) is 1. The number of aromatic nitrogens is 4. The Hall–Kier alpha value is -2.59. The molecule has 1 aliphatic heterocycles. The van der Waals surface area contributed by atoms with E-state index in [1.165, 1.54) is 11.8 Å². The van der Waals surface area contributed by atoms with Crippen molar-refractivity contribution in [3.05, 3.63) is 41.2 Å². The Labute approximate surface area is 195 Å². The number of anilines is 1. The highest BCUT2D eigenvalue weighted by molar-refractivity contribution is 8.00. The van der Waals surface area contributed by atoms with Crippen LogP contribution in [0.1, 0.15) is 30.3 Å². The van der Waals surface area contributed by atoms with Crippen LogP contribution in [-0.4, -0.2) is 56.1 Å². The molecule has 1 atom stereocenters. The van der Waals surface area contributed by atoms with Crippen LogP contribution in [0.15, 0.2) is 34.3 Å². The van der Waals surface area contributed by atoms with Gasteiger partial charge in [-0.15, -0.1) is 16.9 Å². The van der Waals surface area contributed by atoms with E-state index in [1.54, 1.807) is 21.2 Å². The quantitative estimate of drug-likeness (QED) is 0.413. The van der Waals surface area contributed by atoms with Crippen LogP contribution in [0.5, 0.6) is 0 Å². The highest BCUT2D eigenvalue weighted by Crippen LogP contribution is 2.37. The molecule has 1 aromatic carbocycles. The Kier molecular flexibility index (Phi) is 6.71. The number of nitrogens with zero attached hydrogens (tertiary/aromatic N) is 5. The van der Waals surface area contributed by atoms with E-state index < -0.39 is 5.97 Å². The van der Waals surface area contributed by atoms with Gasteiger partial charge in [-0.3, -0.25) is 9.59 Å². The lowest BCUT2D eigenvalue weighted by atomic mass is 10.1. The van der Waals surface area contributed by atoms with Crippen molar-refractivity contribution >= 4 is 46.9 Å². The maximum absolute atomic E-state index is 12.9. The molecule has 0 bridgehead atoms. The van der Waals surface area contributed by atoms with E-state index in [1.807, 2.05) is 44.4 Å². The molecule has 168 valence electrons. The molecule has 4 rings (SSSR count). The molecule has 8 nitrogen and oxygen atoms in total. The van der Waals surface area contributed by atoms with Gasteiger partial charge in [0.2, 0.25) is 5.16 Å². The Balaban J connectivity index is 1.45. The molecule has 0 N–H and O–H groups in total. The predicted molar refractivity (Wildman–Crippen MR) is 125 cm³/mol. The minimum absolute atomic E-state index is 0.0197. The van der Waals surface area contributed by atoms with Crippen molar-refractivity contribution < 1.29 is 14.3 Å². The first-order valence-corrected chi connectivity index (χ1v) is 12.5. The number of hydrogen-bond donors (Lipinski definition) is 0. The maximum atomic E-state index is 12.9. The number of thioether (sulfide) groups is 2. The van der Waals surface area contributed by atoms with Crippen LogP contribution in [-0.2, 0) is 20.7 Å². The summed E-state index contributed by atoms with van der Waals surface area (Å²) in [5, 5.41) is 5.43. The Morgan fingerprint density at radius 2 is 2.03 bits per heavy atom. The minimum Gasteiger partial charge on any atom is -0.455 e. The summed E-state index contributed by atoms with van der Waals surface area (Å²) in [5.74, 6) is -0.186. The zero-order valence-corrected chi connectivity index (χ0v) is 20.1. The van der Waals surface area contributed by atoms with Gasteiger partial charge < -0.3 is 9.64 Å². The summed E-state index contributed by atoms with van der Waals surface area (Å²) in [6.45, 7) is 6.18. The van der Waals surface area contributed by atoms with Gasteiger partial charge in [-0.2, -0.15) is 4.98 Å². The van der Waals surface area contributed by atoms with Crippen molar-refractivity contribution in [2.45, 2.75) is 48.9 Å². The molecule has 3 heterocycles. The summed E-state index contributed by atoms with van der Waals surface area (Å²) in [4.78, 5) is 37.1. The van der Waals surface area contributed by atoms with Gasteiger partial charge >= 0.3 is 5.97 Å². The normalized spacial score (nSPS) is 16.0. The predicted octanol–water partition coefficient (Wildman–Crippen LogP) is 3.47. The van der Waals surface area contributed by atoms with Crippen molar-refractivity contribution in [1.82, 2.24) is 19.6 Å². The third-order valence-electron chi connectivity index (χ3n) is 5.43. The number of carbonyl (C=O) groups is 2. The molecule has 1 aliphatic rings. The fourth-order valence-electron chi connectivity index (χ4n) is 3.69. The van der Waals surface area contributed by atoms with E-state index in [2.05, 4.69) is 22.0 Å². The molecule has 0 saturated heterocycles. The lowest BCUT2D eigenvalue weighted by Gasteiger charge is -2.22. The summed E-state index contributed by atoms with van der Waals surface area (Å²) < 4.78 is 7.02. The molecular weight excluding hydrogens is 446 g/mol. The Bertz CT molecular complexity index is 1180. The van der Waals surface area contributed by atoms with Gasteiger partial charge in [0.05, 0.1) is 12.1 Å². The summed E-state index contributed by atoms with van der Waals surface area (Å²) in [7, 11) is 0. The molecule has 1 unspecified atom stereocenters. The van der Waals surface area contributed by atoms with Crippen molar-refractivity contribution in [3.8, 4) is 0 Å². The van der Waals surface area contributed by atoms with Crippen LogP contribution < -0.4 is 4.90 Å². The fraction of sp³-hybridized carbons (Fsp3) is 0.409. The van der Waals surface area contributed by atoms with Crippen LogP contribution in [0, 0.1) is 13.8 Å². The van der Waals surface area contributed by atoms with Crippen LogP contribution >= 0.6 is 23.5 Å². The maximum Gasteiger partial charge on any atom is 0.310 e. The van der Waals surface area contributed by atoms with E-state index in [0.29, 0.717) is 28.4 Å². The first-order chi connectivity index (χ1) is 15.4. The molecule has 1 amide bonds. The molecule has 0 radical (unpaired) electrons. The second-order valence-electron chi connectivity index (χ2n) is 7.64. The molecule has 0 spiro atoms. The standard InChI is InChI=1S/C22H25N5O3S2/c1-13-9-10-26(17-7-5-6-8-18(17)32-13)19(28)12-30-20(29)11-16-14(2)23-21-24-22(31-4)25-27(21)15(16)3/h5-8,13H,9-12H2,1-4H3. The molecule has 0 fully saturated rings. The van der Waals surface area contributed by atoms with Crippen LogP contribution in [0.2, 0.25) is 0 Å². The van der Waals surface area contributed by atoms with Gasteiger partial charge in [-0.25, -0.2) is 9.50 Å². The fourth-order valence-corrected chi connectivity index (χ4v) is 5.14. The first kappa shape index (κ1) is 22.6. The number of rotatable bonds is 5. The van der Waals surface area contributed by atoms with Crippen molar-refractivity contribution in [3.63, 3.8) is 0 Å². The van der Waals surface area contributed by atoms with E-state index in [-0.39, 0.29) is 18.9 Å². The number of carbonyl (C=O) groups excluding carboxylic acids is 2. The monoisotopic (exact) mass is 471 g/mol. The Morgan fingerprint density at radius 3 is 2.81 bits per heavy atom. The lowest BCUT2D eigenvalue weighted by Crippen LogP contribution is -2.36. The average Bonchev–Trinajstić information content (AvgIpc) is 3.11. The van der Waals surface area contributed by atoms with E-state index in [0.717, 1.165) is 28.3 Å². The van der Waals surface area contributed by atoms with Crippen LogP contribution in [0.3, 0.4) is 0 Å².